The number of aromatic nitrogens is 1. The molecule has 0 aliphatic heterocycles. The molecular formula is C30H31N3O3. The Bertz CT molecular complexity index is 1260. The van der Waals surface area contributed by atoms with Crippen LogP contribution < -0.4 is 10.2 Å². The zero-order valence-corrected chi connectivity index (χ0v) is 20.5. The van der Waals surface area contributed by atoms with E-state index < -0.39 is 5.97 Å². The molecule has 0 saturated heterocycles. The fraction of sp³-hybridized carbons (Fsp3) is 0.367. The van der Waals surface area contributed by atoms with Gasteiger partial charge in [0.15, 0.2) is 5.69 Å². The number of hydrogen-bond donors (Lipinski definition) is 2. The van der Waals surface area contributed by atoms with Gasteiger partial charge in [-0.15, -0.1) is 0 Å². The van der Waals surface area contributed by atoms with E-state index in [1.54, 1.807) is 41.3 Å². The van der Waals surface area contributed by atoms with Crippen LogP contribution in [0.1, 0.15) is 64.9 Å². The number of anilines is 3. The molecule has 0 radical (unpaired) electrons. The van der Waals surface area contributed by atoms with Crippen molar-refractivity contribution in [2.24, 2.45) is 17.8 Å². The molecule has 6 heteroatoms. The van der Waals surface area contributed by atoms with E-state index in [2.05, 4.69) is 34.6 Å². The highest BCUT2D eigenvalue weighted by Crippen LogP contribution is 2.60. The van der Waals surface area contributed by atoms with Crippen LogP contribution in [0.4, 0.5) is 17.2 Å². The summed E-state index contributed by atoms with van der Waals surface area (Å²) in [4.78, 5) is 30.1. The summed E-state index contributed by atoms with van der Waals surface area (Å²) in [5.41, 5.74) is 4.00. The van der Waals surface area contributed by atoms with Crippen LogP contribution in [-0.2, 0) is 5.41 Å². The van der Waals surface area contributed by atoms with Crippen LogP contribution >= 0.6 is 0 Å². The molecule has 0 atom stereocenters. The number of carboxylic acid groups (broad SMARTS) is 1. The zero-order chi connectivity index (χ0) is 24.9. The van der Waals surface area contributed by atoms with E-state index in [4.69, 9.17) is 5.11 Å². The quantitative estimate of drug-likeness (QED) is 0.434. The first-order valence-corrected chi connectivity index (χ1v) is 12.8. The maximum Gasteiger partial charge on any atom is 0.354 e. The molecule has 2 aromatic carbocycles. The molecule has 3 aromatic rings. The predicted molar refractivity (Wildman–Crippen MR) is 140 cm³/mol. The molecule has 4 bridgehead atoms. The fourth-order valence-corrected chi connectivity index (χ4v) is 7.28. The van der Waals surface area contributed by atoms with Gasteiger partial charge in [-0.1, -0.05) is 18.2 Å². The van der Waals surface area contributed by atoms with Crippen LogP contribution in [0.5, 0.6) is 0 Å². The number of benzene rings is 2. The number of nitrogens with one attached hydrogen (secondary N) is 1. The third-order valence-corrected chi connectivity index (χ3v) is 8.58. The summed E-state index contributed by atoms with van der Waals surface area (Å²) < 4.78 is 0. The molecule has 4 aliphatic carbocycles. The average molecular weight is 482 g/mol. The van der Waals surface area contributed by atoms with Gasteiger partial charge < -0.3 is 15.3 Å². The predicted octanol–water partition coefficient (Wildman–Crippen LogP) is 6.27. The van der Waals surface area contributed by atoms with Crippen molar-refractivity contribution in [2.45, 2.75) is 43.9 Å². The van der Waals surface area contributed by atoms with Crippen LogP contribution in [0.2, 0.25) is 0 Å². The van der Waals surface area contributed by atoms with Gasteiger partial charge in [-0.05, 0) is 116 Å². The minimum atomic E-state index is -1.08. The van der Waals surface area contributed by atoms with Crippen LogP contribution in [0.25, 0.3) is 0 Å². The molecule has 1 amide bonds. The van der Waals surface area contributed by atoms with Crippen molar-refractivity contribution in [3.63, 3.8) is 0 Å². The lowest BCUT2D eigenvalue weighted by Crippen LogP contribution is -2.48. The number of nitrogens with zero attached hydrogens (tertiary/aromatic N) is 2. The smallest absolute Gasteiger partial charge is 0.354 e. The van der Waals surface area contributed by atoms with Crippen LogP contribution in [0, 0.1) is 17.8 Å². The van der Waals surface area contributed by atoms with Gasteiger partial charge in [0.05, 0.1) is 0 Å². The van der Waals surface area contributed by atoms with Crippen molar-refractivity contribution >= 4 is 29.1 Å². The summed E-state index contributed by atoms with van der Waals surface area (Å²) in [7, 11) is 1.82. The number of carbonyl (C=O) groups excluding carboxylic acids is 1. The second-order valence-electron chi connectivity index (χ2n) is 11.0. The Labute approximate surface area is 211 Å². The topological polar surface area (TPSA) is 82.5 Å². The Morgan fingerprint density at radius 1 is 0.889 bits per heavy atom. The molecule has 7 rings (SSSR count). The summed E-state index contributed by atoms with van der Waals surface area (Å²) in [6.07, 6.45) is 8.33. The van der Waals surface area contributed by atoms with E-state index >= 15 is 0 Å². The Hall–Kier alpha value is -3.67. The highest BCUT2D eigenvalue weighted by atomic mass is 16.4. The Balaban J connectivity index is 1.14. The van der Waals surface area contributed by atoms with Gasteiger partial charge in [0.2, 0.25) is 0 Å². The average Bonchev–Trinajstić information content (AvgIpc) is 2.88. The van der Waals surface area contributed by atoms with E-state index in [9.17, 15) is 9.59 Å². The van der Waals surface area contributed by atoms with E-state index in [1.165, 1.54) is 50.2 Å². The van der Waals surface area contributed by atoms with Gasteiger partial charge in [-0.3, -0.25) is 4.79 Å². The number of rotatable bonds is 6. The molecule has 184 valence electrons. The standard InChI is InChI=1S/C30H31N3O3/c1-33(25-11-7-23(8-12-25)30-16-19-13-20(17-30)15-21(14-19)18-30)28(34)22-5-9-24(10-6-22)31-27-4-2-3-26(32-27)29(35)36/h2-12,19-21H,13-18H2,1H3,(H,31,32)(H,35,36). The Kier molecular flexibility index (Phi) is 5.55. The molecule has 0 spiro atoms. The SMILES string of the molecule is CN(C(=O)c1ccc(Nc2cccc(C(=O)O)n2)cc1)c1ccc(C23CC4CC(CC(C4)C2)C3)cc1. The lowest BCUT2D eigenvalue weighted by Gasteiger charge is -2.57. The number of hydrogen-bond acceptors (Lipinski definition) is 4. The zero-order valence-electron chi connectivity index (χ0n) is 20.5. The number of amides is 1. The fourth-order valence-electron chi connectivity index (χ4n) is 7.28. The van der Waals surface area contributed by atoms with Crippen molar-refractivity contribution in [3.05, 3.63) is 83.6 Å². The lowest BCUT2D eigenvalue weighted by atomic mass is 9.48. The summed E-state index contributed by atoms with van der Waals surface area (Å²) >= 11 is 0. The van der Waals surface area contributed by atoms with E-state index in [0.29, 0.717) is 16.8 Å². The van der Waals surface area contributed by atoms with Gasteiger partial charge >= 0.3 is 5.97 Å². The summed E-state index contributed by atoms with van der Waals surface area (Å²) in [5, 5.41) is 12.2. The molecular weight excluding hydrogens is 450 g/mol. The molecule has 1 aromatic heterocycles. The van der Waals surface area contributed by atoms with Crippen molar-refractivity contribution in [3.8, 4) is 0 Å². The number of carboxylic acids is 1. The van der Waals surface area contributed by atoms with Gasteiger partial charge in [0, 0.05) is 24.0 Å². The molecule has 4 saturated carbocycles. The first-order valence-electron chi connectivity index (χ1n) is 12.8. The van der Waals surface area contributed by atoms with Crippen LogP contribution in [0.15, 0.2) is 66.7 Å². The van der Waals surface area contributed by atoms with Gasteiger partial charge in [0.1, 0.15) is 5.82 Å². The lowest BCUT2D eigenvalue weighted by molar-refractivity contribution is -0.00518. The molecule has 0 unspecified atom stereocenters. The van der Waals surface area contributed by atoms with Gasteiger partial charge in [0.25, 0.3) is 5.91 Å². The molecule has 6 nitrogen and oxygen atoms in total. The van der Waals surface area contributed by atoms with Crippen molar-refractivity contribution < 1.29 is 14.7 Å². The second-order valence-corrected chi connectivity index (χ2v) is 11.0. The second kappa shape index (κ2) is 8.77. The van der Waals surface area contributed by atoms with E-state index in [1.807, 2.05) is 7.05 Å². The largest absolute Gasteiger partial charge is 0.477 e. The minimum absolute atomic E-state index is 0.0253. The van der Waals surface area contributed by atoms with Crippen molar-refractivity contribution in [2.75, 3.05) is 17.3 Å². The molecule has 4 aliphatic rings. The summed E-state index contributed by atoms with van der Waals surface area (Å²) in [6.45, 7) is 0. The third-order valence-electron chi connectivity index (χ3n) is 8.58. The van der Waals surface area contributed by atoms with Crippen molar-refractivity contribution in [1.29, 1.82) is 0 Å². The third kappa shape index (κ3) is 4.15. The monoisotopic (exact) mass is 481 g/mol. The number of pyridine rings is 1. The first-order chi connectivity index (χ1) is 17.4. The number of aromatic carboxylic acids is 1. The molecule has 1 heterocycles. The molecule has 36 heavy (non-hydrogen) atoms. The van der Waals surface area contributed by atoms with Gasteiger partial charge in [-0.2, -0.15) is 0 Å². The highest BCUT2D eigenvalue weighted by molar-refractivity contribution is 6.05. The minimum Gasteiger partial charge on any atom is -0.477 e. The summed E-state index contributed by atoms with van der Waals surface area (Å²) in [5.74, 6) is 2.02. The van der Waals surface area contributed by atoms with Crippen LogP contribution in [-0.4, -0.2) is 29.0 Å². The molecule has 4 fully saturated rings. The van der Waals surface area contributed by atoms with Crippen molar-refractivity contribution in [1.82, 2.24) is 4.98 Å². The normalized spacial score (nSPS) is 26.0. The Morgan fingerprint density at radius 2 is 1.50 bits per heavy atom. The van der Waals surface area contributed by atoms with Gasteiger partial charge in [-0.25, -0.2) is 9.78 Å². The molecule has 2 N–H and O–H groups in total. The van der Waals surface area contributed by atoms with E-state index in [0.717, 1.165) is 29.1 Å². The summed E-state index contributed by atoms with van der Waals surface area (Å²) in [6, 6.07) is 20.6. The first kappa shape index (κ1) is 22.8. The maximum absolute atomic E-state index is 13.2. The number of carbonyl (C=O) groups is 2. The Morgan fingerprint density at radius 3 is 2.08 bits per heavy atom. The van der Waals surface area contributed by atoms with E-state index in [-0.39, 0.29) is 11.6 Å². The highest BCUT2D eigenvalue weighted by Gasteiger charge is 2.51. The van der Waals surface area contributed by atoms with Crippen LogP contribution in [0.3, 0.4) is 0 Å². The maximum atomic E-state index is 13.2.